The molecule has 0 bridgehead atoms. The van der Waals surface area contributed by atoms with Crippen LogP contribution in [0, 0.1) is 0 Å². The number of hydrogen-bond acceptors (Lipinski definition) is 8. The van der Waals surface area contributed by atoms with Gasteiger partial charge in [0, 0.05) is 13.0 Å². The number of phenolic OH excluding ortho intramolecular Hbond substituents is 1. The normalized spacial score (nSPS) is 14.9. The fraction of sp³-hybridized carbons (Fsp3) is 0.500. The standard InChI is InChI=1S/C22H35N7O7/c1-11(27-19(33)15(23)4-3-9-26-22(24)25)18(32)28-16(10-13-5-7-14(31)8-6-13)20(34)29-17(12(2)30)21(35)36/h5-8,11-12,15-17,30-31H,3-4,9-10,23H2,1-2H3,(H,27,33)(H,28,32)(H,29,34)(H,35,36)(H4,24,25,26). The predicted molar refractivity (Wildman–Crippen MR) is 130 cm³/mol. The monoisotopic (exact) mass is 509 g/mol. The Balaban J connectivity index is 2.87. The highest BCUT2D eigenvalue weighted by Crippen LogP contribution is 2.12. The first-order valence-electron chi connectivity index (χ1n) is 11.2. The molecule has 5 atom stereocenters. The number of carboxylic acids is 1. The number of phenols is 1. The molecule has 1 aromatic carbocycles. The van der Waals surface area contributed by atoms with Crippen molar-refractivity contribution in [3.63, 3.8) is 0 Å². The van der Waals surface area contributed by atoms with Crippen molar-refractivity contribution in [2.24, 2.45) is 22.2 Å². The van der Waals surface area contributed by atoms with Gasteiger partial charge in [0.1, 0.15) is 17.8 Å². The fourth-order valence-corrected chi connectivity index (χ4v) is 3.05. The number of hydrogen-bond donors (Lipinski definition) is 9. The van der Waals surface area contributed by atoms with E-state index in [1.54, 1.807) is 0 Å². The number of aliphatic carboxylic acids is 1. The van der Waals surface area contributed by atoms with Crippen molar-refractivity contribution in [1.82, 2.24) is 16.0 Å². The quantitative estimate of drug-likeness (QED) is 0.0709. The van der Waals surface area contributed by atoms with Gasteiger partial charge in [0.15, 0.2) is 12.0 Å². The minimum Gasteiger partial charge on any atom is -0.508 e. The van der Waals surface area contributed by atoms with E-state index in [1.165, 1.54) is 38.1 Å². The van der Waals surface area contributed by atoms with Crippen molar-refractivity contribution in [2.75, 3.05) is 6.54 Å². The Hall–Kier alpha value is -3.91. The molecule has 0 aliphatic heterocycles. The molecule has 0 spiro atoms. The fourth-order valence-electron chi connectivity index (χ4n) is 3.05. The number of nitrogens with zero attached hydrogens (tertiary/aromatic N) is 1. The molecule has 0 saturated heterocycles. The third-order valence-electron chi connectivity index (χ3n) is 5.11. The van der Waals surface area contributed by atoms with E-state index >= 15 is 0 Å². The van der Waals surface area contributed by atoms with E-state index in [1.807, 2.05) is 0 Å². The molecule has 1 rings (SSSR count). The lowest BCUT2D eigenvalue weighted by molar-refractivity contribution is -0.145. The van der Waals surface area contributed by atoms with E-state index in [-0.39, 0.29) is 31.1 Å². The number of benzene rings is 1. The third kappa shape index (κ3) is 10.6. The van der Waals surface area contributed by atoms with Crippen LogP contribution in [-0.2, 0) is 25.6 Å². The van der Waals surface area contributed by atoms with Gasteiger partial charge < -0.3 is 48.5 Å². The summed E-state index contributed by atoms with van der Waals surface area (Å²) in [5, 5.41) is 35.5. The molecule has 14 heteroatoms. The number of guanidine groups is 1. The Morgan fingerprint density at radius 2 is 1.58 bits per heavy atom. The number of aliphatic hydroxyl groups excluding tert-OH is 1. The minimum atomic E-state index is -1.61. The molecule has 0 saturated carbocycles. The van der Waals surface area contributed by atoms with Crippen LogP contribution in [0.4, 0.5) is 0 Å². The Morgan fingerprint density at radius 1 is 0.972 bits per heavy atom. The molecule has 14 nitrogen and oxygen atoms in total. The molecule has 0 aliphatic rings. The van der Waals surface area contributed by atoms with Crippen molar-refractivity contribution in [2.45, 2.75) is 63.4 Å². The smallest absolute Gasteiger partial charge is 0.328 e. The van der Waals surface area contributed by atoms with E-state index < -0.39 is 54.0 Å². The van der Waals surface area contributed by atoms with Crippen LogP contribution < -0.4 is 33.2 Å². The lowest BCUT2D eigenvalue weighted by Gasteiger charge is -2.24. The van der Waals surface area contributed by atoms with Crippen LogP contribution in [0.3, 0.4) is 0 Å². The maximum atomic E-state index is 12.8. The van der Waals surface area contributed by atoms with Crippen molar-refractivity contribution in [3.8, 4) is 5.75 Å². The van der Waals surface area contributed by atoms with Crippen LogP contribution in [0.15, 0.2) is 29.3 Å². The molecule has 0 heterocycles. The summed E-state index contributed by atoms with van der Waals surface area (Å²) in [5.74, 6) is -3.72. The second-order valence-electron chi connectivity index (χ2n) is 8.28. The van der Waals surface area contributed by atoms with Gasteiger partial charge in [-0.1, -0.05) is 12.1 Å². The van der Waals surface area contributed by atoms with E-state index in [0.29, 0.717) is 12.0 Å². The SMILES string of the molecule is CC(NC(=O)C(N)CCCN=C(N)N)C(=O)NC(Cc1ccc(O)cc1)C(=O)NC(C(=O)O)C(C)O. The van der Waals surface area contributed by atoms with Crippen LogP contribution in [0.5, 0.6) is 5.75 Å². The Morgan fingerprint density at radius 3 is 2.11 bits per heavy atom. The third-order valence-corrected chi connectivity index (χ3v) is 5.11. The van der Waals surface area contributed by atoms with E-state index in [9.17, 15) is 34.5 Å². The van der Waals surface area contributed by atoms with Gasteiger partial charge in [-0.05, 0) is 44.4 Å². The van der Waals surface area contributed by atoms with Gasteiger partial charge in [-0.2, -0.15) is 0 Å². The molecule has 5 unspecified atom stereocenters. The van der Waals surface area contributed by atoms with Gasteiger partial charge in [0.2, 0.25) is 17.7 Å². The van der Waals surface area contributed by atoms with Crippen LogP contribution in [0.2, 0.25) is 0 Å². The number of aliphatic hydroxyl groups is 1. The summed E-state index contributed by atoms with van der Waals surface area (Å²) in [7, 11) is 0. The summed E-state index contributed by atoms with van der Waals surface area (Å²) >= 11 is 0. The molecule has 0 radical (unpaired) electrons. The molecule has 12 N–H and O–H groups in total. The van der Waals surface area contributed by atoms with Crippen molar-refractivity contribution >= 4 is 29.7 Å². The van der Waals surface area contributed by atoms with Crippen LogP contribution >= 0.6 is 0 Å². The summed E-state index contributed by atoms with van der Waals surface area (Å²) in [4.78, 5) is 53.1. The highest BCUT2D eigenvalue weighted by atomic mass is 16.4. The zero-order valence-electron chi connectivity index (χ0n) is 20.2. The number of aliphatic imine (C=N–C) groups is 1. The van der Waals surface area contributed by atoms with E-state index in [2.05, 4.69) is 20.9 Å². The zero-order valence-corrected chi connectivity index (χ0v) is 20.2. The lowest BCUT2D eigenvalue weighted by atomic mass is 10.0. The predicted octanol–water partition coefficient (Wildman–Crippen LogP) is -2.74. The maximum absolute atomic E-state index is 12.8. The van der Waals surface area contributed by atoms with Crippen molar-refractivity contribution < 1.29 is 34.5 Å². The minimum absolute atomic E-state index is 0.00481. The van der Waals surface area contributed by atoms with Crippen LogP contribution in [0.25, 0.3) is 0 Å². The topological polar surface area (TPSA) is 255 Å². The number of amides is 3. The van der Waals surface area contributed by atoms with Crippen molar-refractivity contribution in [3.05, 3.63) is 29.8 Å². The summed E-state index contributed by atoms with van der Waals surface area (Å²) in [6, 6.07) is 0.964. The zero-order chi connectivity index (χ0) is 27.4. The highest BCUT2D eigenvalue weighted by Gasteiger charge is 2.31. The van der Waals surface area contributed by atoms with Crippen LogP contribution in [0.1, 0.15) is 32.3 Å². The van der Waals surface area contributed by atoms with Gasteiger partial charge in [0.25, 0.3) is 0 Å². The number of carboxylic acid groups (broad SMARTS) is 1. The molecule has 0 aromatic heterocycles. The Kier molecular flexibility index (Phi) is 12.1. The number of nitrogens with two attached hydrogens (primary N) is 3. The van der Waals surface area contributed by atoms with Gasteiger partial charge in [0.05, 0.1) is 12.1 Å². The average molecular weight is 510 g/mol. The van der Waals surface area contributed by atoms with Gasteiger partial charge in [-0.3, -0.25) is 19.4 Å². The first kappa shape index (κ1) is 30.1. The Bertz CT molecular complexity index is 933. The number of carbonyl (C=O) groups excluding carboxylic acids is 3. The maximum Gasteiger partial charge on any atom is 0.328 e. The number of nitrogens with one attached hydrogen (secondary N) is 3. The largest absolute Gasteiger partial charge is 0.508 e. The molecule has 3 amide bonds. The molecule has 36 heavy (non-hydrogen) atoms. The molecular weight excluding hydrogens is 474 g/mol. The molecule has 0 fully saturated rings. The highest BCUT2D eigenvalue weighted by molar-refractivity contribution is 5.94. The summed E-state index contributed by atoms with van der Waals surface area (Å²) in [5.41, 5.74) is 16.9. The first-order chi connectivity index (χ1) is 16.8. The van der Waals surface area contributed by atoms with Gasteiger partial charge in [-0.25, -0.2) is 4.79 Å². The van der Waals surface area contributed by atoms with Crippen LogP contribution in [-0.4, -0.2) is 81.8 Å². The van der Waals surface area contributed by atoms with Gasteiger partial charge in [-0.15, -0.1) is 0 Å². The van der Waals surface area contributed by atoms with E-state index in [4.69, 9.17) is 17.2 Å². The number of aromatic hydroxyl groups is 1. The molecular formula is C22H35N7O7. The second-order valence-corrected chi connectivity index (χ2v) is 8.28. The van der Waals surface area contributed by atoms with Gasteiger partial charge >= 0.3 is 5.97 Å². The van der Waals surface area contributed by atoms with E-state index in [0.717, 1.165) is 0 Å². The lowest BCUT2D eigenvalue weighted by Crippen LogP contribution is -2.58. The Labute approximate surface area is 208 Å². The first-order valence-corrected chi connectivity index (χ1v) is 11.2. The number of carbonyl (C=O) groups is 4. The second kappa shape index (κ2) is 14.5. The number of rotatable bonds is 14. The molecule has 1 aromatic rings. The molecule has 0 aliphatic carbocycles. The molecule has 200 valence electrons. The van der Waals surface area contributed by atoms with Crippen molar-refractivity contribution in [1.29, 1.82) is 0 Å². The summed E-state index contributed by atoms with van der Waals surface area (Å²) < 4.78 is 0. The average Bonchev–Trinajstić information content (AvgIpc) is 2.80. The summed E-state index contributed by atoms with van der Waals surface area (Å²) in [6.45, 7) is 2.88. The summed E-state index contributed by atoms with van der Waals surface area (Å²) in [6.07, 6.45) is -0.757.